The monoisotopic (exact) mass is 301 g/mol. The minimum absolute atomic E-state index is 0.0315. The summed E-state index contributed by atoms with van der Waals surface area (Å²) < 4.78 is 5.78. The van der Waals surface area contributed by atoms with E-state index in [1.165, 1.54) is 23.1 Å². The van der Waals surface area contributed by atoms with E-state index in [1.54, 1.807) is 6.92 Å². The van der Waals surface area contributed by atoms with E-state index in [0.29, 0.717) is 10.4 Å². The summed E-state index contributed by atoms with van der Waals surface area (Å²) in [4.78, 5) is 24.5. The number of carbonyl (C=O) groups is 2. The van der Waals surface area contributed by atoms with Gasteiger partial charge in [0.05, 0.1) is 21.4 Å². The van der Waals surface area contributed by atoms with Crippen molar-refractivity contribution in [3.05, 3.63) is 10.4 Å². The summed E-state index contributed by atoms with van der Waals surface area (Å²) in [7, 11) is 0. The summed E-state index contributed by atoms with van der Waals surface area (Å²) in [5.74, 6) is 0.184. The van der Waals surface area contributed by atoms with Crippen LogP contribution in [0.2, 0.25) is 0 Å². The second-order valence-corrected chi connectivity index (χ2v) is 6.73. The van der Waals surface area contributed by atoms with Crippen LogP contribution >= 0.6 is 23.1 Å². The van der Waals surface area contributed by atoms with Crippen molar-refractivity contribution in [2.45, 2.75) is 31.9 Å². The lowest BCUT2D eigenvalue weighted by atomic mass is 10.1. The molecule has 0 bridgehead atoms. The Kier molecular flexibility index (Phi) is 5.87. The number of esters is 1. The summed E-state index contributed by atoms with van der Waals surface area (Å²) in [5.41, 5.74) is 6.59. The molecule has 1 aromatic heterocycles. The summed E-state index contributed by atoms with van der Waals surface area (Å²) in [6.07, 6.45) is 0. The van der Waals surface area contributed by atoms with Gasteiger partial charge in [0.2, 0.25) is 0 Å². The molecule has 0 saturated carbocycles. The van der Waals surface area contributed by atoms with E-state index in [4.69, 9.17) is 10.5 Å². The Bertz CT molecular complexity index is 480. The molecule has 0 aromatic carbocycles. The molecule has 1 aromatic rings. The minimum Gasteiger partial charge on any atom is -0.462 e. The lowest BCUT2D eigenvalue weighted by Crippen LogP contribution is -2.11. The minimum atomic E-state index is -0.449. The molecule has 1 rings (SSSR count). The quantitative estimate of drug-likeness (QED) is 0.495. The van der Waals surface area contributed by atoms with Gasteiger partial charge in [0.1, 0.15) is 5.56 Å². The molecule has 0 radical (unpaired) electrons. The number of Topliss-reactive ketones (excluding diaryl/α,β-unsaturated/α-hetero) is 1. The van der Waals surface area contributed by atoms with Gasteiger partial charge in [-0.05, 0) is 12.7 Å². The van der Waals surface area contributed by atoms with Crippen molar-refractivity contribution in [1.82, 2.24) is 0 Å². The van der Waals surface area contributed by atoms with Crippen LogP contribution < -0.4 is 5.73 Å². The predicted molar refractivity (Wildman–Crippen MR) is 80.3 cm³/mol. The second kappa shape index (κ2) is 6.96. The normalized spacial score (nSPS) is 10.8. The number of thiophene rings is 1. The average Bonchev–Trinajstić information content (AvgIpc) is 2.66. The maximum atomic E-state index is 12.1. The highest BCUT2D eigenvalue weighted by molar-refractivity contribution is 8.01. The van der Waals surface area contributed by atoms with Gasteiger partial charge in [-0.25, -0.2) is 4.79 Å². The molecule has 0 amide bonds. The highest BCUT2D eigenvalue weighted by Gasteiger charge is 2.27. The van der Waals surface area contributed by atoms with Crippen molar-refractivity contribution in [3.8, 4) is 0 Å². The highest BCUT2D eigenvalue weighted by atomic mass is 32.2. The van der Waals surface area contributed by atoms with Crippen molar-refractivity contribution in [2.75, 3.05) is 18.1 Å². The molecule has 106 valence electrons. The van der Waals surface area contributed by atoms with Crippen molar-refractivity contribution in [3.63, 3.8) is 0 Å². The first kappa shape index (κ1) is 16.0. The van der Waals surface area contributed by atoms with Gasteiger partial charge in [-0.1, -0.05) is 20.8 Å². The van der Waals surface area contributed by atoms with Crippen LogP contribution in [0, 0.1) is 5.92 Å². The largest absolute Gasteiger partial charge is 0.462 e. The summed E-state index contributed by atoms with van der Waals surface area (Å²) in [5, 5.41) is 0. The number of carbonyl (C=O) groups excluding carboxylic acids is 2. The smallest absolute Gasteiger partial charge is 0.342 e. The zero-order valence-electron chi connectivity index (χ0n) is 11.6. The fraction of sp³-hybridized carbons (Fsp3) is 0.538. The zero-order valence-corrected chi connectivity index (χ0v) is 13.2. The standard InChI is InChI=1S/C13H19NO3S2/c1-5-17-12(16)8-9(14)11(10(15)7(3)4)19-13(8)18-6-2/h7H,5-6,14H2,1-4H3. The first-order valence-electron chi connectivity index (χ1n) is 6.20. The Hall–Kier alpha value is -1.01. The van der Waals surface area contributed by atoms with E-state index in [0.717, 1.165) is 9.96 Å². The van der Waals surface area contributed by atoms with Crippen molar-refractivity contribution in [1.29, 1.82) is 0 Å². The Morgan fingerprint density at radius 3 is 2.47 bits per heavy atom. The van der Waals surface area contributed by atoms with E-state index < -0.39 is 5.97 Å². The number of ketones is 1. The van der Waals surface area contributed by atoms with E-state index in [2.05, 4.69) is 0 Å². The van der Waals surface area contributed by atoms with Crippen LogP contribution in [0.1, 0.15) is 47.7 Å². The van der Waals surface area contributed by atoms with Gasteiger partial charge in [-0.3, -0.25) is 4.79 Å². The third kappa shape index (κ3) is 3.51. The first-order valence-corrected chi connectivity index (χ1v) is 8.00. The van der Waals surface area contributed by atoms with E-state index in [-0.39, 0.29) is 24.0 Å². The van der Waals surface area contributed by atoms with Gasteiger partial charge in [-0.2, -0.15) is 0 Å². The molecule has 0 unspecified atom stereocenters. The van der Waals surface area contributed by atoms with Gasteiger partial charge in [0, 0.05) is 5.92 Å². The maximum absolute atomic E-state index is 12.1. The molecule has 0 saturated heterocycles. The number of nitrogens with two attached hydrogens (primary N) is 1. The van der Waals surface area contributed by atoms with Crippen LogP contribution in [-0.2, 0) is 4.74 Å². The molecular formula is C13H19NO3S2. The molecule has 1 heterocycles. The second-order valence-electron chi connectivity index (χ2n) is 4.18. The topological polar surface area (TPSA) is 69.4 Å². The Balaban J connectivity index is 3.27. The van der Waals surface area contributed by atoms with E-state index in [9.17, 15) is 9.59 Å². The molecule has 0 aliphatic carbocycles. The van der Waals surface area contributed by atoms with E-state index >= 15 is 0 Å². The average molecular weight is 301 g/mol. The van der Waals surface area contributed by atoms with E-state index in [1.807, 2.05) is 20.8 Å². The van der Waals surface area contributed by atoms with Crippen LogP contribution in [0.15, 0.2) is 4.21 Å². The Morgan fingerprint density at radius 2 is 2.00 bits per heavy atom. The molecule has 6 heteroatoms. The highest BCUT2D eigenvalue weighted by Crippen LogP contribution is 2.39. The van der Waals surface area contributed by atoms with Crippen molar-refractivity contribution < 1.29 is 14.3 Å². The Morgan fingerprint density at radius 1 is 1.37 bits per heavy atom. The number of hydrogen-bond acceptors (Lipinski definition) is 6. The fourth-order valence-corrected chi connectivity index (χ4v) is 3.96. The fourth-order valence-electron chi connectivity index (χ4n) is 1.50. The third-order valence-electron chi connectivity index (χ3n) is 2.42. The number of thioether (sulfide) groups is 1. The van der Waals surface area contributed by atoms with Gasteiger partial charge < -0.3 is 10.5 Å². The molecule has 0 atom stereocenters. The zero-order chi connectivity index (χ0) is 14.6. The van der Waals surface area contributed by atoms with Crippen LogP contribution in [0.25, 0.3) is 0 Å². The van der Waals surface area contributed by atoms with Crippen LogP contribution in [0.4, 0.5) is 5.69 Å². The van der Waals surface area contributed by atoms with Crippen molar-refractivity contribution in [2.24, 2.45) is 5.92 Å². The number of anilines is 1. The first-order chi connectivity index (χ1) is 8.93. The Labute approximate surface area is 121 Å². The van der Waals surface area contributed by atoms with Gasteiger partial charge in [0.15, 0.2) is 5.78 Å². The summed E-state index contributed by atoms with van der Waals surface area (Å²) in [6.45, 7) is 7.65. The van der Waals surface area contributed by atoms with Crippen LogP contribution in [0.3, 0.4) is 0 Å². The SMILES string of the molecule is CCOC(=O)c1c(SCC)sc(C(=O)C(C)C)c1N. The molecule has 0 fully saturated rings. The van der Waals surface area contributed by atoms with Gasteiger partial charge in [0.25, 0.3) is 0 Å². The van der Waals surface area contributed by atoms with Gasteiger partial charge >= 0.3 is 5.97 Å². The number of rotatable bonds is 6. The molecule has 0 aliphatic rings. The number of hydrogen-bond donors (Lipinski definition) is 1. The van der Waals surface area contributed by atoms with Crippen molar-refractivity contribution >= 4 is 40.5 Å². The summed E-state index contributed by atoms with van der Waals surface area (Å²) in [6, 6.07) is 0. The molecule has 4 nitrogen and oxygen atoms in total. The molecule has 19 heavy (non-hydrogen) atoms. The predicted octanol–water partition coefficient (Wildman–Crippen LogP) is 3.46. The lowest BCUT2D eigenvalue weighted by Gasteiger charge is -2.04. The molecule has 0 spiro atoms. The maximum Gasteiger partial charge on any atom is 0.342 e. The van der Waals surface area contributed by atoms with Crippen LogP contribution in [-0.4, -0.2) is 24.1 Å². The summed E-state index contributed by atoms with van der Waals surface area (Å²) >= 11 is 2.79. The van der Waals surface area contributed by atoms with Gasteiger partial charge in [-0.15, -0.1) is 23.1 Å². The number of nitrogen functional groups attached to an aromatic ring is 1. The molecular weight excluding hydrogens is 282 g/mol. The van der Waals surface area contributed by atoms with Crippen LogP contribution in [0.5, 0.6) is 0 Å². The third-order valence-corrected chi connectivity index (χ3v) is 4.79. The lowest BCUT2D eigenvalue weighted by molar-refractivity contribution is 0.0524. The molecule has 2 N–H and O–H groups in total. The molecule has 0 aliphatic heterocycles. The number of ether oxygens (including phenoxy) is 1.